The second-order valence-electron chi connectivity index (χ2n) is 9.05. The van der Waals surface area contributed by atoms with E-state index in [2.05, 4.69) is 5.32 Å². The van der Waals surface area contributed by atoms with E-state index in [0.29, 0.717) is 22.2 Å². The number of nitrogens with one attached hydrogen (secondary N) is 1. The Morgan fingerprint density at radius 3 is 2.39 bits per heavy atom. The predicted molar refractivity (Wildman–Crippen MR) is 143 cm³/mol. The number of halogens is 2. The fourth-order valence-electron chi connectivity index (χ4n) is 4.52. The molecule has 3 aromatic carbocycles. The lowest BCUT2D eigenvalue weighted by Crippen LogP contribution is -2.53. The van der Waals surface area contributed by atoms with Gasteiger partial charge in [0.15, 0.2) is 6.61 Å². The molecule has 0 aromatic heterocycles. The summed E-state index contributed by atoms with van der Waals surface area (Å²) in [5, 5.41) is 4.25. The number of benzene rings is 3. The van der Waals surface area contributed by atoms with Crippen LogP contribution in [0.15, 0.2) is 78.9 Å². The summed E-state index contributed by atoms with van der Waals surface area (Å²) in [5.74, 6) is 0.0230. The summed E-state index contributed by atoms with van der Waals surface area (Å²) in [6.07, 6.45) is 4.50. The molecule has 1 fully saturated rings. The second-order valence-corrected chi connectivity index (χ2v) is 9.90. The molecule has 0 radical (unpaired) electrons. The van der Waals surface area contributed by atoms with Crippen molar-refractivity contribution < 1.29 is 14.3 Å². The van der Waals surface area contributed by atoms with Crippen molar-refractivity contribution in [1.82, 2.24) is 10.2 Å². The number of rotatable bonds is 10. The van der Waals surface area contributed by atoms with E-state index in [0.717, 1.165) is 36.8 Å². The van der Waals surface area contributed by atoms with Gasteiger partial charge in [-0.05, 0) is 48.2 Å². The molecule has 0 unspecified atom stereocenters. The minimum absolute atomic E-state index is 0.135. The van der Waals surface area contributed by atoms with Crippen molar-refractivity contribution in [2.24, 2.45) is 0 Å². The molecular weight excluding hydrogens is 495 g/mol. The van der Waals surface area contributed by atoms with E-state index in [-0.39, 0.29) is 31.0 Å². The number of hydrogen-bond acceptors (Lipinski definition) is 3. The molecule has 1 atom stereocenters. The molecule has 1 N–H and O–H groups in total. The van der Waals surface area contributed by atoms with Crippen LogP contribution in [-0.2, 0) is 22.6 Å². The first-order valence-corrected chi connectivity index (χ1v) is 13.0. The van der Waals surface area contributed by atoms with Crippen LogP contribution in [0, 0.1) is 0 Å². The molecule has 0 heterocycles. The van der Waals surface area contributed by atoms with E-state index >= 15 is 0 Å². The van der Waals surface area contributed by atoms with Gasteiger partial charge in [-0.3, -0.25) is 9.59 Å². The minimum Gasteiger partial charge on any atom is -0.484 e. The lowest BCUT2D eigenvalue weighted by atomic mass is 10.0. The first kappa shape index (κ1) is 26.1. The van der Waals surface area contributed by atoms with Crippen molar-refractivity contribution in [3.63, 3.8) is 0 Å². The topological polar surface area (TPSA) is 58.6 Å². The highest BCUT2D eigenvalue weighted by atomic mass is 35.5. The Kier molecular flexibility index (Phi) is 9.26. The zero-order chi connectivity index (χ0) is 25.3. The summed E-state index contributed by atoms with van der Waals surface area (Å²) in [4.78, 5) is 28.9. The highest BCUT2D eigenvalue weighted by Crippen LogP contribution is 2.23. The number of amides is 2. The van der Waals surface area contributed by atoms with Crippen molar-refractivity contribution in [3.05, 3.63) is 100 Å². The van der Waals surface area contributed by atoms with Crippen molar-refractivity contribution in [1.29, 1.82) is 0 Å². The molecular formula is C29H30Cl2N2O3. The summed E-state index contributed by atoms with van der Waals surface area (Å²) >= 11 is 12.5. The van der Waals surface area contributed by atoms with Crippen molar-refractivity contribution in [2.45, 2.75) is 50.7 Å². The average Bonchev–Trinajstić information content (AvgIpc) is 3.39. The van der Waals surface area contributed by atoms with Gasteiger partial charge in [0.1, 0.15) is 11.8 Å². The Morgan fingerprint density at radius 2 is 1.67 bits per heavy atom. The highest BCUT2D eigenvalue weighted by Gasteiger charge is 2.32. The van der Waals surface area contributed by atoms with Crippen LogP contribution >= 0.6 is 23.2 Å². The third-order valence-corrected chi connectivity index (χ3v) is 7.03. The lowest BCUT2D eigenvalue weighted by Gasteiger charge is -2.32. The van der Waals surface area contributed by atoms with Gasteiger partial charge >= 0.3 is 0 Å². The predicted octanol–water partition coefficient (Wildman–Crippen LogP) is 6.07. The van der Waals surface area contributed by atoms with Crippen LogP contribution in [0.2, 0.25) is 10.0 Å². The smallest absolute Gasteiger partial charge is 0.261 e. The van der Waals surface area contributed by atoms with Crippen LogP contribution in [0.1, 0.15) is 36.8 Å². The van der Waals surface area contributed by atoms with Gasteiger partial charge in [0.2, 0.25) is 5.91 Å². The van der Waals surface area contributed by atoms with Gasteiger partial charge in [0, 0.05) is 29.1 Å². The molecule has 0 aliphatic heterocycles. The van der Waals surface area contributed by atoms with Gasteiger partial charge < -0.3 is 15.0 Å². The molecule has 2 amide bonds. The summed E-state index contributed by atoms with van der Waals surface area (Å²) in [6.45, 7) is -0.0419. The zero-order valence-electron chi connectivity index (χ0n) is 20.0. The van der Waals surface area contributed by atoms with E-state index < -0.39 is 6.04 Å². The summed E-state index contributed by atoms with van der Waals surface area (Å²) in [7, 11) is 0. The minimum atomic E-state index is -0.722. The average molecular weight is 525 g/mol. The number of carbonyl (C=O) groups is 2. The molecule has 4 rings (SSSR count). The number of ether oxygens (including phenoxy) is 1. The Hall–Kier alpha value is -3.02. The Morgan fingerprint density at radius 1 is 0.944 bits per heavy atom. The molecule has 0 spiro atoms. The van der Waals surface area contributed by atoms with Crippen LogP contribution in [0.25, 0.3) is 0 Å². The molecule has 5 nitrogen and oxygen atoms in total. The maximum absolute atomic E-state index is 13.6. The fourth-order valence-corrected chi connectivity index (χ4v) is 4.89. The van der Waals surface area contributed by atoms with E-state index in [1.165, 1.54) is 0 Å². The van der Waals surface area contributed by atoms with Crippen molar-refractivity contribution >= 4 is 35.0 Å². The normalized spacial score (nSPS) is 14.3. The third-order valence-electron chi connectivity index (χ3n) is 6.43. The fraction of sp³-hybridized carbons (Fsp3) is 0.310. The van der Waals surface area contributed by atoms with Gasteiger partial charge in [-0.1, -0.05) is 90.6 Å². The third kappa shape index (κ3) is 7.25. The standard InChI is InChI=1S/C29H30Cl2N2O3/c30-23-12-8-15-25(18-23)36-20-28(34)33(19-22-11-4-7-16-26(22)31)27(17-21-9-2-1-3-10-21)29(35)32-24-13-5-6-14-24/h1-4,7-12,15-16,18,24,27H,5-6,13-14,17,19-20H2,(H,32,35)/t27-/m0/s1. The molecule has 0 saturated heterocycles. The Labute approximate surface area is 222 Å². The van der Waals surface area contributed by atoms with Gasteiger partial charge in [-0.15, -0.1) is 0 Å². The SMILES string of the molecule is O=C(NC1CCCC1)[C@H](Cc1ccccc1)N(Cc1ccccc1Cl)C(=O)COc1cccc(Cl)c1. The van der Waals surface area contributed by atoms with E-state index in [1.54, 1.807) is 35.2 Å². The first-order chi connectivity index (χ1) is 17.5. The molecule has 7 heteroatoms. The Balaban J connectivity index is 1.62. The Bertz CT molecular complexity index is 1170. The van der Waals surface area contributed by atoms with Gasteiger partial charge in [0.25, 0.3) is 5.91 Å². The lowest BCUT2D eigenvalue weighted by molar-refractivity contribution is -0.143. The quantitative estimate of drug-likeness (QED) is 0.350. The summed E-state index contributed by atoms with van der Waals surface area (Å²) < 4.78 is 5.77. The highest BCUT2D eigenvalue weighted by molar-refractivity contribution is 6.31. The molecule has 1 aliphatic carbocycles. The van der Waals surface area contributed by atoms with Gasteiger partial charge in [-0.2, -0.15) is 0 Å². The largest absolute Gasteiger partial charge is 0.484 e. The van der Waals surface area contributed by atoms with E-state index in [4.69, 9.17) is 27.9 Å². The summed E-state index contributed by atoms with van der Waals surface area (Å²) in [5.41, 5.74) is 1.73. The number of carbonyl (C=O) groups excluding carboxylic acids is 2. The van der Waals surface area contributed by atoms with Crippen LogP contribution in [0.3, 0.4) is 0 Å². The number of hydrogen-bond donors (Lipinski definition) is 1. The van der Waals surface area contributed by atoms with Gasteiger partial charge in [0.05, 0.1) is 0 Å². The molecule has 0 bridgehead atoms. The van der Waals surface area contributed by atoms with Crippen molar-refractivity contribution in [2.75, 3.05) is 6.61 Å². The monoisotopic (exact) mass is 524 g/mol. The van der Waals surface area contributed by atoms with Crippen LogP contribution in [0.4, 0.5) is 0 Å². The maximum atomic E-state index is 13.6. The molecule has 1 aliphatic rings. The van der Waals surface area contributed by atoms with Gasteiger partial charge in [-0.25, -0.2) is 0 Å². The van der Waals surface area contributed by atoms with Crippen molar-refractivity contribution in [3.8, 4) is 5.75 Å². The second kappa shape index (κ2) is 12.8. The van der Waals surface area contributed by atoms with E-state index in [9.17, 15) is 9.59 Å². The molecule has 3 aromatic rings. The van der Waals surface area contributed by atoms with Crippen LogP contribution in [-0.4, -0.2) is 35.4 Å². The summed E-state index contributed by atoms with van der Waals surface area (Å²) in [6, 6.07) is 23.4. The van der Waals surface area contributed by atoms with Crippen LogP contribution in [0.5, 0.6) is 5.75 Å². The number of nitrogens with zero attached hydrogens (tertiary/aromatic N) is 1. The van der Waals surface area contributed by atoms with Crippen LogP contribution < -0.4 is 10.1 Å². The zero-order valence-corrected chi connectivity index (χ0v) is 21.5. The molecule has 1 saturated carbocycles. The van der Waals surface area contributed by atoms with E-state index in [1.807, 2.05) is 48.5 Å². The molecule has 36 heavy (non-hydrogen) atoms. The first-order valence-electron chi connectivity index (χ1n) is 12.2. The molecule has 188 valence electrons. The maximum Gasteiger partial charge on any atom is 0.261 e.